The van der Waals surface area contributed by atoms with Gasteiger partial charge in [0.15, 0.2) is 5.82 Å². The summed E-state index contributed by atoms with van der Waals surface area (Å²) in [6.45, 7) is 4.48. The molecule has 0 aliphatic carbocycles. The van der Waals surface area contributed by atoms with Crippen LogP contribution in [0.1, 0.15) is 17.7 Å². The van der Waals surface area contributed by atoms with Crippen LogP contribution in [0.4, 0.5) is 5.82 Å². The molecule has 0 aliphatic rings. The van der Waals surface area contributed by atoms with Gasteiger partial charge in [0.1, 0.15) is 11.5 Å². The van der Waals surface area contributed by atoms with Gasteiger partial charge in [0.2, 0.25) is 5.91 Å². The fourth-order valence-electron chi connectivity index (χ4n) is 2.51. The van der Waals surface area contributed by atoms with E-state index < -0.39 is 0 Å². The van der Waals surface area contributed by atoms with Crippen LogP contribution >= 0.6 is 0 Å². The molecule has 0 saturated heterocycles. The summed E-state index contributed by atoms with van der Waals surface area (Å²) in [6, 6.07) is 9.80. The summed E-state index contributed by atoms with van der Waals surface area (Å²) in [5.74, 6) is 1.02. The predicted molar refractivity (Wildman–Crippen MR) is 91.1 cm³/mol. The molecule has 0 spiro atoms. The third-order valence-corrected chi connectivity index (χ3v) is 3.85. The number of anilines is 1. The molecule has 118 valence electrons. The maximum absolute atomic E-state index is 11.0. The van der Waals surface area contributed by atoms with Crippen molar-refractivity contribution < 1.29 is 4.79 Å². The fourth-order valence-corrected chi connectivity index (χ4v) is 2.51. The van der Waals surface area contributed by atoms with Gasteiger partial charge in [-0.05, 0) is 19.4 Å². The Morgan fingerprint density at radius 3 is 2.65 bits per heavy atom. The van der Waals surface area contributed by atoms with E-state index in [1.807, 2.05) is 44.2 Å². The minimum absolute atomic E-state index is 0.259. The van der Waals surface area contributed by atoms with Crippen molar-refractivity contribution in [2.75, 3.05) is 11.9 Å². The van der Waals surface area contributed by atoms with Crippen LogP contribution in [0.2, 0.25) is 0 Å². The first-order chi connectivity index (χ1) is 11.1. The van der Waals surface area contributed by atoms with E-state index in [0.717, 1.165) is 33.7 Å². The number of aromatic nitrogens is 3. The van der Waals surface area contributed by atoms with Crippen LogP contribution in [0.3, 0.4) is 0 Å². The minimum Gasteiger partial charge on any atom is -0.370 e. The Balaban J connectivity index is 2.08. The Kier molecular flexibility index (Phi) is 3.97. The van der Waals surface area contributed by atoms with Crippen molar-refractivity contribution in [3.8, 4) is 11.4 Å². The molecule has 0 saturated carbocycles. The molecular formula is C17H19N5O. The molecule has 2 aromatic heterocycles. The van der Waals surface area contributed by atoms with E-state index in [9.17, 15) is 4.79 Å². The number of hydrogen-bond acceptors (Lipinski definition) is 4. The number of rotatable bonds is 5. The van der Waals surface area contributed by atoms with Crippen molar-refractivity contribution in [2.24, 2.45) is 5.73 Å². The van der Waals surface area contributed by atoms with Crippen LogP contribution in [0.15, 0.2) is 30.3 Å². The van der Waals surface area contributed by atoms with Crippen molar-refractivity contribution >= 4 is 22.8 Å². The van der Waals surface area contributed by atoms with E-state index in [-0.39, 0.29) is 12.3 Å². The molecular weight excluding hydrogens is 290 g/mol. The quantitative estimate of drug-likeness (QED) is 0.674. The molecule has 3 aromatic rings. The molecule has 4 N–H and O–H groups in total. The highest BCUT2D eigenvalue weighted by Gasteiger charge is 2.14. The molecule has 0 aliphatic heterocycles. The van der Waals surface area contributed by atoms with Gasteiger partial charge in [0.25, 0.3) is 0 Å². The van der Waals surface area contributed by atoms with Crippen LogP contribution in [0, 0.1) is 13.8 Å². The van der Waals surface area contributed by atoms with E-state index >= 15 is 0 Å². The number of hydrogen-bond donors (Lipinski definition) is 3. The second-order valence-corrected chi connectivity index (χ2v) is 5.50. The summed E-state index contributed by atoms with van der Waals surface area (Å²) in [7, 11) is 0. The third-order valence-electron chi connectivity index (χ3n) is 3.85. The maximum Gasteiger partial charge on any atom is 0.219 e. The van der Waals surface area contributed by atoms with E-state index in [4.69, 9.17) is 5.73 Å². The summed E-state index contributed by atoms with van der Waals surface area (Å²) >= 11 is 0. The highest BCUT2D eigenvalue weighted by Crippen LogP contribution is 2.29. The third kappa shape index (κ3) is 3.01. The Morgan fingerprint density at radius 1 is 1.22 bits per heavy atom. The number of nitrogens with two attached hydrogens (primary N) is 1. The smallest absolute Gasteiger partial charge is 0.219 e. The topological polar surface area (TPSA) is 96.7 Å². The van der Waals surface area contributed by atoms with E-state index in [0.29, 0.717) is 12.4 Å². The predicted octanol–water partition coefficient (Wildman–Crippen LogP) is 2.53. The number of carbonyl (C=O) groups is 1. The Morgan fingerprint density at radius 2 is 1.96 bits per heavy atom. The van der Waals surface area contributed by atoms with Gasteiger partial charge in [-0.25, -0.2) is 9.97 Å². The van der Waals surface area contributed by atoms with Gasteiger partial charge in [-0.2, -0.15) is 0 Å². The number of fused-ring (bicyclic) bond motifs is 1. The zero-order valence-corrected chi connectivity index (χ0v) is 13.2. The summed E-state index contributed by atoms with van der Waals surface area (Å²) in [4.78, 5) is 23.5. The van der Waals surface area contributed by atoms with Crippen molar-refractivity contribution in [3.05, 3.63) is 41.6 Å². The molecule has 0 atom stereocenters. The second-order valence-electron chi connectivity index (χ2n) is 5.50. The van der Waals surface area contributed by atoms with Gasteiger partial charge in [-0.15, -0.1) is 0 Å². The van der Waals surface area contributed by atoms with Gasteiger partial charge in [-0.1, -0.05) is 30.3 Å². The largest absolute Gasteiger partial charge is 0.370 e. The van der Waals surface area contributed by atoms with E-state index in [1.54, 1.807) is 0 Å². The number of nitrogens with one attached hydrogen (secondary N) is 2. The van der Waals surface area contributed by atoms with E-state index in [1.165, 1.54) is 0 Å². The van der Waals surface area contributed by atoms with Gasteiger partial charge >= 0.3 is 0 Å². The summed E-state index contributed by atoms with van der Waals surface area (Å²) in [5, 5.41) is 4.16. The molecule has 0 bridgehead atoms. The first kappa shape index (κ1) is 15.0. The molecule has 6 heteroatoms. The minimum atomic E-state index is -0.340. The van der Waals surface area contributed by atoms with Crippen molar-refractivity contribution in [2.45, 2.75) is 20.3 Å². The average molecular weight is 309 g/mol. The highest BCUT2D eigenvalue weighted by molar-refractivity contribution is 5.93. The number of benzene rings is 1. The van der Waals surface area contributed by atoms with Crippen LogP contribution in [0.5, 0.6) is 0 Å². The molecule has 1 aromatic carbocycles. The van der Waals surface area contributed by atoms with Crippen LogP contribution in [0.25, 0.3) is 22.4 Å². The van der Waals surface area contributed by atoms with Crippen LogP contribution in [-0.4, -0.2) is 27.4 Å². The number of primary amides is 1. The normalized spacial score (nSPS) is 10.9. The number of amides is 1. The van der Waals surface area contributed by atoms with Gasteiger partial charge in [0, 0.05) is 24.2 Å². The average Bonchev–Trinajstić information content (AvgIpc) is 2.82. The molecule has 0 fully saturated rings. The number of nitrogens with zero attached hydrogens (tertiary/aromatic N) is 2. The number of carbonyl (C=O) groups excluding carboxylic acids is 1. The Bertz CT molecular complexity index is 854. The molecule has 6 nitrogen and oxygen atoms in total. The van der Waals surface area contributed by atoms with Gasteiger partial charge < -0.3 is 16.0 Å². The lowest BCUT2D eigenvalue weighted by atomic mass is 10.2. The zero-order chi connectivity index (χ0) is 16.4. The summed E-state index contributed by atoms with van der Waals surface area (Å²) in [6.07, 6.45) is 0.259. The second kappa shape index (κ2) is 6.08. The number of aryl methyl sites for hydroxylation is 2. The lowest BCUT2D eigenvalue weighted by Crippen LogP contribution is -2.16. The fraction of sp³-hybridized carbons (Fsp3) is 0.235. The first-order valence-electron chi connectivity index (χ1n) is 7.51. The van der Waals surface area contributed by atoms with Crippen LogP contribution < -0.4 is 11.1 Å². The number of aromatic amines is 1. The molecule has 23 heavy (non-hydrogen) atoms. The van der Waals surface area contributed by atoms with Gasteiger partial charge in [-0.3, -0.25) is 4.79 Å². The maximum atomic E-state index is 11.0. The van der Waals surface area contributed by atoms with E-state index in [2.05, 4.69) is 20.3 Å². The van der Waals surface area contributed by atoms with Crippen molar-refractivity contribution in [3.63, 3.8) is 0 Å². The molecule has 3 rings (SSSR count). The Labute approximate surface area is 134 Å². The monoisotopic (exact) mass is 309 g/mol. The highest BCUT2D eigenvalue weighted by atomic mass is 16.1. The molecule has 0 radical (unpaired) electrons. The molecule has 2 heterocycles. The summed E-state index contributed by atoms with van der Waals surface area (Å²) < 4.78 is 0. The van der Waals surface area contributed by atoms with Crippen molar-refractivity contribution in [1.29, 1.82) is 0 Å². The molecule has 0 unspecified atom stereocenters. The lowest BCUT2D eigenvalue weighted by Gasteiger charge is -2.09. The lowest BCUT2D eigenvalue weighted by molar-refractivity contribution is -0.117. The van der Waals surface area contributed by atoms with Crippen molar-refractivity contribution in [1.82, 2.24) is 15.0 Å². The number of H-pyrrole nitrogens is 1. The SMILES string of the molecule is Cc1[nH]c2nc(-c3ccccc3)nc(NCCC(N)=O)c2c1C. The standard InChI is InChI=1S/C17H19N5O/c1-10-11(2)20-17-14(10)16(19-9-8-13(18)23)21-15(22-17)12-6-4-3-5-7-12/h3-7H,8-9H2,1-2H3,(H2,18,23)(H2,19,20,21,22). The first-order valence-corrected chi connectivity index (χ1v) is 7.51. The van der Waals surface area contributed by atoms with Gasteiger partial charge in [0.05, 0.1) is 5.39 Å². The zero-order valence-electron chi connectivity index (χ0n) is 13.2. The summed E-state index contributed by atoms with van der Waals surface area (Å²) in [5.41, 5.74) is 9.09. The molecule has 1 amide bonds. The van der Waals surface area contributed by atoms with Crippen LogP contribution in [-0.2, 0) is 4.79 Å². The Hall–Kier alpha value is -2.89.